The number of benzene rings is 1. The number of ether oxygens (including phenoxy) is 2. The van der Waals surface area contributed by atoms with Crippen LogP contribution in [-0.2, 0) is 22.4 Å². The van der Waals surface area contributed by atoms with Crippen molar-refractivity contribution in [3.8, 4) is 11.3 Å². The summed E-state index contributed by atoms with van der Waals surface area (Å²) in [4.78, 5) is 9.31. The predicted molar refractivity (Wildman–Crippen MR) is 122 cm³/mol. The number of hydrazine groups is 1. The second kappa shape index (κ2) is 11.3. The summed E-state index contributed by atoms with van der Waals surface area (Å²) in [6.07, 6.45) is 3.90. The number of rotatable bonds is 10. The SMILES string of the molecule is CCCCn1nc(C(OC)OC)nc1Cc1ccc(-c2ccccc2/C(=N/N)NN)nc1. The Kier molecular flexibility index (Phi) is 8.26. The number of amidine groups is 1. The molecule has 5 N–H and O–H groups in total. The van der Waals surface area contributed by atoms with Gasteiger partial charge in [0, 0.05) is 44.5 Å². The summed E-state index contributed by atoms with van der Waals surface area (Å²) in [7, 11) is 3.14. The van der Waals surface area contributed by atoms with Crippen LogP contribution in [0.3, 0.4) is 0 Å². The van der Waals surface area contributed by atoms with E-state index in [1.54, 1.807) is 14.2 Å². The molecule has 10 nitrogen and oxygen atoms in total. The van der Waals surface area contributed by atoms with Crippen molar-refractivity contribution in [3.05, 3.63) is 65.4 Å². The lowest BCUT2D eigenvalue weighted by atomic mass is 10.0. The Morgan fingerprint density at radius 1 is 1.19 bits per heavy atom. The number of nitrogens with two attached hydrogens (primary N) is 2. The zero-order valence-electron chi connectivity index (χ0n) is 18.7. The Bertz CT molecular complexity index is 1030. The van der Waals surface area contributed by atoms with Crippen LogP contribution in [0.2, 0.25) is 0 Å². The van der Waals surface area contributed by atoms with E-state index in [1.807, 2.05) is 47.3 Å². The molecule has 2 aromatic heterocycles. The number of pyridine rings is 1. The fourth-order valence-electron chi connectivity index (χ4n) is 3.39. The first-order valence-electron chi connectivity index (χ1n) is 10.4. The molecule has 0 unspecified atom stereocenters. The molecule has 1 aromatic carbocycles. The summed E-state index contributed by atoms with van der Waals surface area (Å²) >= 11 is 0. The Morgan fingerprint density at radius 2 is 1.97 bits per heavy atom. The number of unbranched alkanes of at least 4 members (excludes halogenated alkanes) is 1. The maximum atomic E-state index is 5.55. The van der Waals surface area contributed by atoms with Gasteiger partial charge in [-0.25, -0.2) is 15.5 Å². The summed E-state index contributed by atoms with van der Waals surface area (Å²) in [5.41, 5.74) is 5.97. The predicted octanol–water partition coefficient (Wildman–Crippen LogP) is 2.11. The van der Waals surface area contributed by atoms with Crippen molar-refractivity contribution in [2.45, 2.75) is 39.0 Å². The fourth-order valence-corrected chi connectivity index (χ4v) is 3.39. The molecular weight excluding hydrogens is 408 g/mol. The molecule has 0 bridgehead atoms. The van der Waals surface area contributed by atoms with E-state index >= 15 is 0 Å². The van der Waals surface area contributed by atoms with E-state index in [2.05, 4.69) is 32.5 Å². The molecule has 10 heteroatoms. The molecule has 0 aliphatic carbocycles. The molecule has 2 heterocycles. The maximum Gasteiger partial charge on any atom is 0.220 e. The number of hydrazone groups is 1. The van der Waals surface area contributed by atoms with E-state index in [9.17, 15) is 0 Å². The van der Waals surface area contributed by atoms with Crippen molar-refractivity contribution in [2.24, 2.45) is 16.8 Å². The van der Waals surface area contributed by atoms with E-state index in [0.29, 0.717) is 18.1 Å². The lowest BCUT2D eigenvalue weighted by Gasteiger charge is -2.11. The minimum absolute atomic E-state index is 0.383. The average Bonchev–Trinajstić information content (AvgIpc) is 3.22. The van der Waals surface area contributed by atoms with Crippen LogP contribution in [0.25, 0.3) is 11.3 Å². The van der Waals surface area contributed by atoms with Gasteiger partial charge in [-0.15, -0.1) is 0 Å². The fraction of sp³-hybridized carbons (Fsp3) is 0.364. The number of methoxy groups -OCH3 is 2. The first-order chi connectivity index (χ1) is 15.6. The third-order valence-corrected chi connectivity index (χ3v) is 5.04. The molecule has 0 aliphatic rings. The average molecular weight is 439 g/mol. The van der Waals surface area contributed by atoms with Crippen molar-refractivity contribution in [3.63, 3.8) is 0 Å². The van der Waals surface area contributed by atoms with Crippen LogP contribution in [0.15, 0.2) is 47.7 Å². The quantitative estimate of drug-likeness (QED) is 0.144. The van der Waals surface area contributed by atoms with Gasteiger partial charge in [-0.3, -0.25) is 4.98 Å². The number of hydrogen-bond acceptors (Lipinski definition) is 8. The van der Waals surface area contributed by atoms with Crippen LogP contribution < -0.4 is 17.1 Å². The van der Waals surface area contributed by atoms with Gasteiger partial charge in [0.05, 0.1) is 5.69 Å². The number of aromatic nitrogens is 4. The van der Waals surface area contributed by atoms with E-state index in [0.717, 1.165) is 47.6 Å². The molecule has 0 radical (unpaired) electrons. The number of nitrogens with zero attached hydrogens (tertiary/aromatic N) is 5. The Balaban J connectivity index is 1.87. The Morgan fingerprint density at radius 3 is 2.59 bits per heavy atom. The molecular formula is C22H30N8O2. The summed E-state index contributed by atoms with van der Waals surface area (Å²) in [6.45, 7) is 2.93. The minimum atomic E-state index is -0.594. The molecule has 0 atom stereocenters. The maximum absolute atomic E-state index is 5.55. The third kappa shape index (κ3) is 5.28. The molecule has 0 aliphatic heterocycles. The van der Waals surface area contributed by atoms with Gasteiger partial charge in [0.1, 0.15) is 5.82 Å². The molecule has 0 spiro atoms. The standard InChI is InChI=1S/C22H30N8O2/c1-4-5-12-30-19(26-21(29-30)22(31-2)32-3)13-15-10-11-18(25-14-15)16-8-6-7-9-17(16)20(27-23)28-24/h6-11,14,22H,4-5,12-13,23-24H2,1-3H3,(H,27,28). The number of nitrogens with one attached hydrogen (secondary N) is 1. The lowest BCUT2D eigenvalue weighted by molar-refractivity contribution is -0.111. The van der Waals surface area contributed by atoms with Gasteiger partial charge in [0.25, 0.3) is 0 Å². The molecule has 0 saturated carbocycles. The Labute approximate surface area is 187 Å². The van der Waals surface area contributed by atoms with Crippen LogP contribution in [0, 0.1) is 0 Å². The molecule has 3 aromatic rings. The first kappa shape index (κ1) is 23.3. The van der Waals surface area contributed by atoms with Crippen molar-refractivity contribution in [2.75, 3.05) is 14.2 Å². The second-order valence-electron chi connectivity index (χ2n) is 7.16. The first-order valence-corrected chi connectivity index (χ1v) is 10.4. The summed E-state index contributed by atoms with van der Waals surface area (Å²) in [6, 6.07) is 11.6. The van der Waals surface area contributed by atoms with Crippen LogP contribution in [0.1, 0.15) is 48.8 Å². The zero-order chi connectivity index (χ0) is 22.9. The van der Waals surface area contributed by atoms with Crippen molar-refractivity contribution in [1.29, 1.82) is 0 Å². The van der Waals surface area contributed by atoms with E-state index in [-0.39, 0.29) is 0 Å². The second-order valence-corrected chi connectivity index (χ2v) is 7.16. The highest BCUT2D eigenvalue weighted by Gasteiger charge is 2.19. The molecule has 0 fully saturated rings. The van der Waals surface area contributed by atoms with E-state index in [1.165, 1.54) is 0 Å². The zero-order valence-corrected chi connectivity index (χ0v) is 18.7. The summed E-state index contributed by atoms with van der Waals surface area (Å²) < 4.78 is 12.6. The van der Waals surface area contributed by atoms with Gasteiger partial charge in [-0.2, -0.15) is 10.2 Å². The van der Waals surface area contributed by atoms with Gasteiger partial charge in [-0.1, -0.05) is 43.7 Å². The third-order valence-electron chi connectivity index (χ3n) is 5.04. The number of hydrogen-bond donors (Lipinski definition) is 3. The van der Waals surface area contributed by atoms with Gasteiger partial charge >= 0.3 is 0 Å². The molecule has 0 amide bonds. The lowest BCUT2D eigenvalue weighted by Crippen LogP contribution is -2.32. The van der Waals surface area contributed by atoms with E-state index in [4.69, 9.17) is 21.2 Å². The molecule has 32 heavy (non-hydrogen) atoms. The van der Waals surface area contributed by atoms with Gasteiger partial charge in [0.2, 0.25) is 12.1 Å². The summed E-state index contributed by atoms with van der Waals surface area (Å²) in [5.74, 6) is 12.7. The van der Waals surface area contributed by atoms with Gasteiger partial charge < -0.3 is 20.7 Å². The van der Waals surface area contributed by atoms with Crippen LogP contribution in [0.4, 0.5) is 0 Å². The molecule has 170 valence electrons. The molecule has 0 saturated heterocycles. The van der Waals surface area contributed by atoms with Crippen LogP contribution in [-0.4, -0.2) is 39.8 Å². The van der Waals surface area contributed by atoms with Gasteiger partial charge in [0.15, 0.2) is 5.84 Å². The van der Waals surface area contributed by atoms with Crippen LogP contribution >= 0.6 is 0 Å². The highest BCUT2D eigenvalue weighted by molar-refractivity contribution is 6.03. The smallest absolute Gasteiger partial charge is 0.220 e. The molecule has 3 rings (SSSR count). The van der Waals surface area contributed by atoms with Crippen LogP contribution in [0.5, 0.6) is 0 Å². The number of aryl methyl sites for hydroxylation is 1. The Hall–Kier alpha value is -3.34. The monoisotopic (exact) mass is 438 g/mol. The highest BCUT2D eigenvalue weighted by atomic mass is 16.7. The largest absolute Gasteiger partial charge is 0.349 e. The topological polar surface area (TPSA) is 138 Å². The van der Waals surface area contributed by atoms with E-state index < -0.39 is 6.29 Å². The van der Waals surface area contributed by atoms with Crippen molar-refractivity contribution < 1.29 is 9.47 Å². The van der Waals surface area contributed by atoms with Crippen molar-refractivity contribution >= 4 is 5.84 Å². The van der Waals surface area contributed by atoms with Crippen molar-refractivity contribution in [1.82, 2.24) is 25.2 Å². The van der Waals surface area contributed by atoms with Gasteiger partial charge in [-0.05, 0) is 18.1 Å². The minimum Gasteiger partial charge on any atom is -0.349 e. The summed E-state index contributed by atoms with van der Waals surface area (Å²) in [5, 5.41) is 8.31. The highest BCUT2D eigenvalue weighted by Crippen LogP contribution is 2.23. The normalized spacial score (nSPS) is 11.8.